The lowest BCUT2D eigenvalue weighted by Gasteiger charge is -1.98. The summed E-state index contributed by atoms with van der Waals surface area (Å²) in [6.07, 6.45) is 3.66. The third-order valence-electron chi connectivity index (χ3n) is 3.03. The summed E-state index contributed by atoms with van der Waals surface area (Å²) in [5, 5.41) is 0.595. The summed E-state index contributed by atoms with van der Waals surface area (Å²) in [5.74, 6) is 0.533. The zero-order valence-corrected chi connectivity index (χ0v) is 10.7. The highest BCUT2D eigenvalue weighted by molar-refractivity contribution is 5.78. The molecule has 0 amide bonds. The zero-order chi connectivity index (χ0) is 13.9. The maximum absolute atomic E-state index is 11.9. The van der Waals surface area contributed by atoms with Gasteiger partial charge in [-0.05, 0) is 35.9 Å². The van der Waals surface area contributed by atoms with E-state index in [0.717, 1.165) is 11.3 Å². The molecule has 0 spiro atoms. The van der Waals surface area contributed by atoms with Crippen molar-refractivity contribution >= 4 is 28.8 Å². The number of para-hydroxylation sites is 1. The van der Waals surface area contributed by atoms with Crippen LogP contribution in [0.2, 0.25) is 0 Å². The third-order valence-corrected chi connectivity index (χ3v) is 3.03. The second-order valence-electron chi connectivity index (χ2n) is 4.51. The summed E-state index contributed by atoms with van der Waals surface area (Å²) >= 11 is 0. The van der Waals surface area contributed by atoms with Crippen LogP contribution in [0.3, 0.4) is 0 Å². The van der Waals surface area contributed by atoms with Crippen LogP contribution in [0.5, 0.6) is 0 Å². The normalized spacial score (nSPS) is 11.2. The Morgan fingerprint density at radius 3 is 2.50 bits per heavy atom. The van der Waals surface area contributed by atoms with Crippen LogP contribution in [0.25, 0.3) is 23.1 Å². The van der Waals surface area contributed by atoms with Crippen molar-refractivity contribution in [1.82, 2.24) is 0 Å². The van der Waals surface area contributed by atoms with E-state index in [4.69, 9.17) is 10.2 Å². The minimum absolute atomic E-state index is 0.0381. The molecule has 0 radical (unpaired) electrons. The van der Waals surface area contributed by atoms with Gasteiger partial charge in [0, 0.05) is 11.8 Å². The number of hydrogen-bond acceptors (Lipinski definition) is 3. The second kappa shape index (κ2) is 5.05. The average Bonchev–Trinajstić information content (AvgIpc) is 2.47. The Labute approximate surface area is 116 Å². The van der Waals surface area contributed by atoms with E-state index >= 15 is 0 Å². The summed E-state index contributed by atoms with van der Waals surface area (Å²) in [6, 6.07) is 16.2. The molecular weight excluding hydrogens is 250 g/mol. The van der Waals surface area contributed by atoms with Gasteiger partial charge in [-0.2, -0.15) is 0 Å². The van der Waals surface area contributed by atoms with E-state index in [1.807, 2.05) is 42.5 Å². The summed E-state index contributed by atoms with van der Waals surface area (Å²) in [5.41, 5.74) is 7.91. The predicted molar refractivity (Wildman–Crippen MR) is 82.3 cm³/mol. The number of rotatable bonds is 2. The van der Waals surface area contributed by atoms with Crippen molar-refractivity contribution in [1.29, 1.82) is 0 Å². The molecule has 3 heteroatoms. The van der Waals surface area contributed by atoms with E-state index in [-0.39, 0.29) is 5.43 Å². The van der Waals surface area contributed by atoms with E-state index in [2.05, 4.69) is 0 Å². The van der Waals surface area contributed by atoms with E-state index in [1.165, 1.54) is 6.07 Å². The van der Waals surface area contributed by atoms with Gasteiger partial charge in [-0.1, -0.05) is 30.3 Å². The number of anilines is 1. The molecule has 0 atom stereocenters. The summed E-state index contributed by atoms with van der Waals surface area (Å²) in [4.78, 5) is 11.9. The Morgan fingerprint density at radius 2 is 1.70 bits per heavy atom. The van der Waals surface area contributed by atoms with Crippen molar-refractivity contribution in [3.05, 3.63) is 76.1 Å². The first-order valence-corrected chi connectivity index (χ1v) is 6.29. The molecule has 98 valence electrons. The monoisotopic (exact) mass is 263 g/mol. The molecule has 0 unspecified atom stereocenters. The van der Waals surface area contributed by atoms with E-state index in [9.17, 15) is 4.79 Å². The van der Waals surface area contributed by atoms with Gasteiger partial charge >= 0.3 is 0 Å². The van der Waals surface area contributed by atoms with Crippen molar-refractivity contribution in [3.63, 3.8) is 0 Å². The molecule has 0 bridgehead atoms. The van der Waals surface area contributed by atoms with Crippen LogP contribution < -0.4 is 11.2 Å². The molecule has 3 rings (SSSR count). The number of benzene rings is 2. The fraction of sp³-hybridized carbons (Fsp3) is 0. The third kappa shape index (κ3) is 2.47. The van der Waals surface area contributed by atoms with Crippen LogP contribution in [0.15, 0.2) is 63.8 Å². The molecule has 0 fully saturated rings. The molecule has 3 nitrogen and oxygen atoms in total. The number of nitrogens with two attached hydrogens (primary N) is 1. The first-order chi connectivity index (χ1) is 9.72. The van der Waals surface area contributed by atoms with Crippen molar-refractivity contribution in [2.24, 2.45) is 0 Å². The highest BCUT2D eigenvalue weighted by Crippen LogP contribution is 2.14. The average molecular weight is 263 g/mol. The number of nitrogen functional groups attached to an aromatic ring is 1. The van der Waals surface area contributed by atoms with E-state index in [0.29, 0.717) is 16.7 Å². The fourth-order valence-electron chi connectivity index (χ4n) is 1.99. The first kappa shape index (κ1) is 12.2. The zero-order valence-electron chi connectivity index (χ0n) is 10.7. The van der Waals surface area contributed by atoms with Gasteiger partial charge in [-0.3, -0.25) is 4.79 Å². The highest BCUT2D eigenvalue weighted by Gasteiger charge is 2.01. The van der Waals surface area contributed by atoms with Crippen LogP contribution >= 0.6 is 0 Å². The van der Waals surface area contributed by atoms with Crippen LogP contribution in [0, 0.1) is 0 Å². The van der Waals surface area contributed by atoms with Crippen LogP contribution in [-0.4, -0.2) is 0 Å². The summed E-state index contributed by atoms with van der Waals surface area (Å²) in [6.45, 7) is 0. The lowest BCUT2D eigenvalue weighted by Crippen LogP contribution is -1.99. The molecule has 0 aliphatic heterocycles. The molecule has 1 aromatic heterocycles. The topological polar surface area (TPSA) is 56.2 Å². The first-order valence-electron chi connectivity index (χ1n) is 6.29. The molecule has 1 heterocycles. The van der Waals surface area contributed by atoms with E-state index < -0.39 is 0 Å². The van der Waals surface area contributed by atoms with Crippen LogP contribution in [-0.2, 0) is 0 Å². The second-order valence-corrected chi connectivity index (χ2v) is 4.51. The molecule has 0 aliphatic rings. The lowest BCUT2D eigenvalue weighted by molar-refractivity contribution is 0.591. The molecule has 0 saturated carbocycles. The molecule has 20 heavy (non-hydrogen) atoms. The largest absolute Gasteiger partial charge is 0.456 e. The molecule has 2 N–H and O–H groups in total. The van der Waals surface area contributed by atoms with Gasteiger partial charge in [0.2, 0.25) is 0 Å². The SMILES string of the molecule is Nc1ccc(/C=C/c2cc(=O)c3ccccc3o2)cc1. The van der Waals surface area contributed by atoms with Crippen LogP contribution in [0.1, 0.15) is 11.3 Å². The molecule has 0 aliphatic carbocycles. The smallest absolute Gasteiger partial charge is 0.193 e. The van der Waals surface area contributed by atoms with Gasteiger partial charge in [0.25, 0.3) is 0 Å². The van der Waals surface area contributed by atoms with Crippen molar-refractivity contribution in [2.45, 2.75) is 0 Å². The maximum Gasteiger partial charge on any atom is 0.193 e. The number of fused-ring (bicyclic) bond motifs is 1. The van der Waals surface area contributed by atoms with Crippen molar-refractivity contribution in [3.8, 4) is 0 Å². The van der Waals surface area contributed by atoms with Gasteiger partial charge in [-0.15, -0.1) is 0 Å². The maximum atomic E-state index is 11.9. The quantitative estimate of drug-likeness (QED) is 0.719. The van der Waals surface area contributed by atoms with Crippen molar-refractivity contribution in [2.75, 3.05) is 5.73 Å². The van der Waals surface area contributed by atoms with Crippen LogP contribution in [0.4, 0.5) is 5.69 Å². The summed E-state index contributed by atoms with van der Waals surface area (Å²) < 4.78 is 5.68. The summed E-state index contributed by atoms with van der Waals surface area (Å²) in [7, 11) is 0. The van der Waals surface area contributed by atoms with Gasteiger partial charge in [0.05, 0.1) is 5.39 Å². The minimum Gasteiger partial charge on any atom is -0.456 e. The fourth-order valence-corrected chi connectivity index (χ4v) is 1.99. The Bertz CT molecular complexity index is 829. The molecule has 2 aromatic carbocycles. The highest BCUT2D eigenvalue weighted by atomic mass is 16.3. The van der Waals surface area contributed by atoms with Gasteiger partial charge in [-0.25, -0.2) is 0 Å². The van der Waals surface area contributed by atoms with E-state index in [1.54, 1.807) is 18.2 Å². The Kier molecular flexibility index (Phi) is 3.09. The minimum atomic E-state index is -0.0381. The predicted octanol–water partition coefficient (Wildman–Crippen LogP) is 3.55. The Hall–Kier alpha value is -2.81. The van der Waals surface area contributed by atoms with Crippen molar-refractivity contribution < 1.29 is 4.42 Å². The Balaban J connectivity index is 1.98. The standard InChI is InChI=1S/C17H13NO2/c18-13-8-5-12(6-9-13)7-10-14-11-16(19)15-3-1-2-4-17(15)20-14/h1-11H,18H2/b10-7+. The Morgan fingerprint density at radius 1 is 0.950 bits per heavy atom. The molecule has 0 saturated heterocycles. The molecular formula is C17H13NO2. The van der Waals surface area contributed by atoms with Gasteiger partial charge < -0.3 is 10.2 Å². The number of hydrogen-bond donors (Lipinski definition) is 1. The van der Waals surface area contributed by atoms with Gasteiger partial charge in [0.1, 0.15) is 11.3 Å². The van der Waals surface area contributed by atoms with Gasteiger partial charge in [0.15, 0.2) is 5.43 Å². The molecule has 3 aromatic rings. The lowest BCUT2D eigenvalue weighted by atomic mass is 10.1.